The van der Waals surface area contributed by atoms with E-state index < -0.39 is 0 Å². The van der Waals surface area contributed by atoms with Crippen molar-refractivity contribution in [1.82, 2.24) is 5.32 Å². The van der Waals surface area contributed by atoms with Gasteiger partial charge in [-0.1, -0.05) is 46.5 Å². The monoisotopic (exact) mass is 255 g/mol. The number of rotatable bonds is 7. The van der Waals surface area contributed by atoms with Gasteiger partial charge in [0.1, 0.15) is 0 Å². The zero-order chi connectivity index (χ0) is 13.6. The minimum atomic E-state index is 0.0812. The largest absolute Gasteiger partial charge is 0.374 e. The van der Waals surface area contributed by atoms with Gasteiger partial charge in [-0.05, 0) is 38.6 Å². The van der Waals surface area contributed by atoms with Crippen LogP contribution in [0.4, 0.5) is 0 Å². The highest BCUT2D eigenvalue weighted by Gasteiger charge is 2.44. The van der Waals surface area contributed by atoms with Gasteiger partial charge in [0, 0.05) is 12.6 Å². The topological polar surface area (TPSA) is 21.3 Å². The highest BCUT2D eigenvalue weighted by molar-refractivity contribution is 4.99. The molecule has 1 saturated carbocycles. The molecule has 0 spiro atoms. The van der Waals surface area contributed by atoms with Crippen LogP contribution in [-0.2, 0) is 4.74 Å². The Morgan fingerprint density at radius 2 is 1.94 bits per heavy atom. The fourth-order valence-corrected chi connectivity index (χ4v) is 4.02. The molecule has 0 aromatic rings. The van der Waals surface area contributed by atoms with Gasteiger partial charge >= 0.3 is 0 Å². The van der Waals surface area contributed by atoms with Gasteiger partial charge in [-0.15, -0.1) is 0 Å². The molecule has 3 atom stereocenters. The Labute approximate surface area is 114 Å². The molecule has 2 nitrogen and oxygen atoms in total. The Balaban J connectivity index is 2.91. The summed E-state index contributed by atoms with van der Waals surface area (Å²) in [6.45, 7) is 9.98. The highest BCUT2D eigenvalue weighted by atomic mass is 16.5. The highest BCUT2D eigenvalue weighted by Crippen LogP contribution is 2.40. The van der Waals surface area contributed by atoms with Gasteiger partial charge in [0.25, 0.3) is 0 Å². The van der Waals surface area contributed by atoms with E-state index in [1.165, 1.54) is 38.5 Å². The molecule has 1 aliphatic carbocycles. The van der Waals surface area contributed by atoms with Crippen LogP contribution in [-0.4, -0.2) is 25.3 Å². The van der Waals surface area contributed by atoms with E-state index in [1.54, 1.807) is 0 Å². The second kappa shape index (κ2) is 7.49. The van der Waals surface area contributed by atoms with E-state index >= 15 is 0 Å². The molecular formula is C16H33NO. The molecule has 3 unspecified atom stereocenters. The summed E-state index contributed by atoms with van der Waals surface area (Å²) >= 11 is 0. The molecule has 1 fully saturated rings. The van der Waals surface area contributed by atoms with E-state index in [9.17, 15) is 0 Å². The van der Waals surface area contributed by atoms with Crippen molar-refractivity contribution in [3.8, 4) is 0 Å². The molecule has 1 aliphatic rings. The molecule has 0 bridgehead atoms. The lowest BCUT2D eigenvalue weighted by atomic mass is 9.70. The third-order valence-corrected chi connectivity index (χ3v) is 4.82. The number of hydrogen-bond acceptors (Lipinski definition) is 2. The smallest absolute Gasteiger partial charge is 0.0839 e. The maximum Gasteiger partial charge on any atom is 0.0839 e. The number of hydrogen-bond donors (Lipinski definition) is 1. The molecule has 18 heavy (non-hydrogen) atoms. The van der Waals surface area contributed by atoms with Crippen molar-refractivity contribution in [1.29, 1.82) is 0 Å². The molecule has 1 N–H and O–H groups in total. The predicted molar refractivity (Wildman–Crippen MR) is 78.9 cm³/mol. The summed E-state index contributed by atoms with van der Waals surface area (Å²) in [6.07, 6.45) is 7.63. The van der Waals surface area contributed by atoms with Gasteiger partial charge in [0.2, 0.25) is 0 Å². The minimum Gasteiger partial charge on any atom is -0.374 e. The van der Waals surface area contributed by atoms with Crippen molar-refractivity contribution < 1.29 is 4.74 Å². The summed E-state index contributed by atoms with van der Waals surface area (Å²) in [5.41, 5.74) is 0.0812. The third kappa shape index (κ3) is 3.48. The molecule has 0 radical (unpaired) electrons. The quantitative estimate of drug-likeness (QED) is 0.742. The average Bonchev–Trinajstić information content (AvgIpc) is 2.35. The Morgan fingerprint density at radius 3 is 2.39 bits per heavy atom. The molecule has 2 heteroatoms. The first kappa shape index (κ1) is 16.0. The van der Waals surface area contributed by atoms with Gasteiger partial charge in [-0.25, -0.2) is 0 Å². The Hall–Kier alpha value is -0.0800. The van der Waals surface area contributed by atoms with Crippen LogP contribution in [0, 0.1) is 11.8 Å². The first-order chi connectivity index (χ1) is 8.63. The number of ether oxygens (including phenoxy) is 1. The lowest BCUT2D eigenvalue weighted by Crippen LogP contribution is -2.57. The van der Waals surface area contributed by atoms with Crippen molar-refractivity contribution in [2.24, 2.45) is 11.8 Å². The summed E-state index contributed by atoms with van der Waals surface area (Å²) in [6, 6.07) is 0.509. The first-order valence-corrected chi connectivity index (χ1v) is 7.94. The summed E-state index contributed by atoms with van der Waals surface area (Å²) < 4.78 is 6.32. The number of likely N-dealkylation sites (N-methyl/N-ethyl adjacent to an activating group) is 1. The standard InChI is InChI=1S/C16H33NO/c1-6-14(7-2)15(17-5)16(18-8-3)11-9-10-13(4)12-16/h13-15,17H,6-12H2,1-5H3. The normalized spacial score (nSPS) is 30.7. The second-order valence-electron chi connectivity index (χ2n) is 6.04. The van der Waals surface area contributed by atoms with E-state index in [4.69, 9.17) is 4.74 Å². The molecule has 0 aromatic carbocycles. The van der Waals surface area contributed by atoms with Crippen LogP contribution in [0.25, 0.3) is 0 Å². The molecular weight excluding hydrogens is 222 g/mol. The molecule has 1 rings (SSSR count). The van der Waals surface area contributed by atoms with Gasteiger partial charge in [-0.2, -0.15) is 0 Å². The first-order valence-electron chi connectivity index (χ1n) is 7.94. The Morgan fingerprint density at radius 1 is 1.28 bits per heavy atom. The summed E-state index contributed by atoms with van der Waals surface area (Å²) in [5, 5.41) is 3.59. The molecule has 108 valence electrons. The maximum atomic E-state index is 6.32. The fourth-order valence-electron chi connectivity index (χ4n) is 4.02. The van der Waals surface area contributed by atoms with Crippen molar-refractivity contribution in [3.63, 3.8) is 0 Å². The summed E-state index contributed by atoms with van der Waals surface area (Å²) in [4.78, 5) is 0. The zero-order valence-corrected chi connectivity index (χ0v) is 13.1. The fraction of sp³-hybridized carbons (Fsp3) is 1.00. The van der Waals surface area contributed by atoms with Gasteiger partial charge in [0.05, 0.1) is 5.60 Å². The van der Waals surface area contributed by atoms with Crippen molar-refractivity contribution in [2.75, 3.05) is 13.7 Å². The average molecular weight is 255 g/mol. The van der Waals surface area contributed by atoms with Crippen LogP contribution in [0.3, 0.4) is 0 Å². The summed E-state index contributed by atoms with van der Waals surface area (Å²) in [5.74, 6) is 1.53. The van der Waals surface area contributed by atoms with Gasteiger partial charge < -0.3 is 10.1 Å². The Kier molecular flexibility index (Phi) is 6.65. The van der Waals surface area contributed by atoms with Crippen LogP contribution in [0.5, 0.6) is 0 Å². The van der Waals surface area contributed by atoms with Crippen LogP contribution < -0.4 is 5.32 Å². The van der Waals surface area contributed by atoms with E-state index in [0.29, 0.717) is 6.04 Å². The molecule has 0 aromatic heterocycles. The number of nitrogens with one attached hydrogen (secondary N) is 1. The SMILES string of the molecule is CCOC1(C(NC)C(CC)CC)CCCC(C)C1. The lowest BCUT2D eigenvalue weighted by molar-refractivity contribution is -0.111. The van der Waals surface area contributed by atoms with Crippen molar-refractivity contribution >= 4 is 0 Å². The van der Waals surface area contributed by atoms with Gasteiger partial charge in [0.15, 0.2) is 0 Å². The van der Waals surface area contributed by atoms with Gasteiger partial charge in [-0.3, -0.25) is 0 Å². The predicted octanol–water partition coefficient (Wildman–Crippen LogP) is 4.00. The van der Waals surface area contributed by atoms with E-state index in [2.05, 4.69) is 40.1 Å². The molecule has 0 saturated heterocycles. The maximum absolute atomic E-state index is 6.32. The third-order valence-electron chi connectivity index (χ3n) is 4.82. The van der Waals surface area contributed by atoms with E-state index in [1.807, 2.05) is 0 Å². The van der Waals surface area contributed by atoms with E-state index in [0.717, 1.165) is 18.4 Å². The zero-order valence-electron chi connectivity index (χ0n) is 13.1. The van der Waals surface area contributed by atoms with Crippen LogP contribution in [0.15, 0.2) is 0 Å². The Bertz CT molecular complexity index is 223. The van der Waals surface area contributed by atoms with Crippen LogP contribution in [0.2, 0.25) is 0 Å². The molecule has 0 aliphatic heterocycles. The van der Waals surface area contributed by atoms with Crippen LogP contribution in [0.1, 0.15) is 66.2 Å². The van der Waals surface area contributed by atoms with Crippen molar-refractivity contribution in [3.05, 3.63) is 0 Å². The second-order valence-corrected chi connectivity index (χ2v) is 6.04. The van der Waals surface area contributed by atoms with Crippen molar-refractivity contribution in [2.45, 2.75) is 77.9 Å². The lowest BCUT2D eigenvalue weighted by Gasteiger charge is -2.48. The van der Waals surface area contributed by atoms with E-state index in [-0.39, 0.29) is 5.60 Å². The minimum absolute atomic E-state index is 0.0812. The summed E-state index contributed by atoms with van der Waals surface area (Å²) in [7, 11) is 2.11. The molecule has 0 amide bonds. The van der Waals surface area contributed by atoms with Crippen LogP contribution >= 0.6 is 0 Å². The molecule has 0 heterocycles.